The highest BCUT2D eigenvalue weighted by atomic mass is 14.7. The van der Waals surface area contributed by atoms with Crippen molar-refractivity contribution in [2.45, 2.75) is 18.9 Å². The lowest BCUT2D eigenvalue weighted by Gasteiger charge is -2.12. The Balaban J connectivity index is 1.97. The molecule has 88 valence electrons. The van der Waals surface area contributed by atoms with Gasteiger partial charge in [0, 0.05) is 24.1 Å². The molecular formula is C14H17N3. The number of anilines is 1. The van der Waals surface area contributed by atoms with E-state index in [0.717, 1.165) is 29.7 Å². The number of hydrogen-bond donors (Lipinski definition) is 2. The van der Waals surface area contributed by atoms with Gasteiger partial charge in [-0.05, 0) is 30.0 Å². The second-order valence-electron chi connectivity index (χ2n) is 4.13. The average molecular weight is 227 g/mol. The summed E-state index contributed by atoms with van der Waals surface area (Å²) in [6.07, 6.45) is 5.25. The van der Waals surface area contributed by atoms with Gasteiger partial charge in [0.1, 0.15) is 0 Å². The van der Waals surface area contributed by atoms with Gasteiger partial charge in [-0.1, -0.05) is 30.3 Å². The lowest BCUT2D eigenvalue weighted by molar-refractivity contribution is 0.651. The van der Waals surface area contributed by atoms with E-state index in [-0.39, 0.29) is 6.04 Å². The fourth-order valence-electron chi connectivity index (χ4n) is 1.82. The Morgan fingerprint density at radius 3 is 2.59 bits per heavy atom. The monoisotopic (exact) mass is 227 g/mol. The Morgan fingerprint density at radius 1 is 1.12 bits per heavy atom. The molecule has 0 radical (unpaired) electrons. The lowest BCUT2D eigenvalue weighted by Crippen LogP contribution is -2.11. The number of nitrogens with zero attached hydrogens (tertiary/aromatic N) is 1. The van der Waals surface area contributed by atoms with Crippen molar-refractivity contribution in [3.63, 3.8) is 0 Å². The third kappa shape index (κ3) is 3.04. The number of nitrogens with two attached hydrogens (primary N) is 2. The van der Waals surface area contributed by atoms with Crippen LogP contribution in [-0.4, -0.2) is 4.98 Å². The van der Waals surface area contributed by atoms with Crippen LogP contribution in [0.15, 0.2) is 48.8 Å². The standard InChI is InChI=1S/C14H17N3/c15-13(11-4-2-1-3-5-11)7-6-12-10-17-9-8-14(12)16/h1-5,8-10,13H,6-7,15H2,(H2,16,17). The molecule has 0 bridgehead atoms. The van der Waals surface area contributed by atoms with E-state index < -0.39 is 0 Å². The third-order valence-corrected chi connectivity index (χ3v) is 2.89. The number of rotatable bonds is 4. The van der Waals surface area contributed by atoms with Crippen molar-refractivity contribution in [2.75, 3.05) is 5.73 Å². The van der Waals surface area contributed by atoms with Gasteiger partial charge in [0.15, 0.2) is 0 Å². The number of nitrogen functional groups attached to an aromatic ring is 1. The molecule has 0 saturated carbocycles. The summed E-state index contributed by atoms with van der Waals surface area (Å²) < 4.78 is 0. The lowest BCUT2D eigenvalue weighted by atomic mass is 10.00. The van der Waals surface area contributed by atoms with Crippen LogP contribution in [0.3, 0.4) is 0 Å². The fraction of sp³-hybridized carbons (Fsp3) is 0.214. The zero-order chi connectivity index (χ0) is 12.1. The summed E-state index contributed by atoms with van der Waals surface area (Å²) >= 11 is 0. The van der Waals surface area contributed by atoms with E-state index in [1.165, 1.54) is 0 Å². The number of hydrogen-bond acceptors (Lipinski definition) is 3. The van der Waals surface area contributed by atoms with Gasteiger partial charge in [-0.2, -0.15) is 0 Å². The molecule has 4 N–H and O–H groups in total. The minimum absolute atomic E-state index is 0.0517. The van der Waals surface area contributed by atoms with E-state index in [4.69, 9.17) is 11.5 Å². The molecule has 0 fully saturated rings. The van der Waals surface area contributed by atoms with E-state index in [1.54, 1.807) is 6.20 Å². The first kappa shape index (κ1) is 11.6. The van der Waals surface area contributed by atoms with E-state index in [9.17, 15) is 0 Å². The predicted molar refractivity (Wildman–Crippen MR) is 70.3 cm³/mol. The Kier molecular flexibility index (Phi) is 3.73. The Hall–Kier alpha value is -1.87. The van der Waals surface area contributed by atoms with Gasteiger partial charge < -0.3 is 11.5 Å². The van der Waals surface area contributed by atoms with Crippen molar-refractivity contribution in [2.24, 2.45) is 5.73 Å². The van der Waals surface area contributed by atoms with Gasteiger partial charge in [0.25, 0.3) is 0 Å². The fourth-order valence-corrected chi connectivity index (χ4v) is 1.82. The largest absolute Gasteiger partial charge is 0.398 e. The topological polar surface area (TPSA) is 64.9 Å². The quantitative estimate of drug-likeness (QED) is 0.842. The van der Waals surface area contributed by atoms with E-state index in [2.05, 4.69) is 17.1 Å². The van der Waals surface area contributed by atoms with Crippen LogP contribution in [-0.2, 0) is 6.42 Å². The highest BCUT2D eigenvalue weighted by Gasteiger charge is 2.06. The molecular weight excluding hydrogens is 210 g/mol. The first-order valence-corrected chi connectivity index (χ1v) is 5.76. The molecule has 17 heavy (non-hydrogen) atoms. The van der Waals surface area contributed by atoms with Crippen LogP contribution in [0.5, 0.6) is 0 Å². The minimum Gasteiger partial charge on any atom is -0.398 e. The second kappa shape index (κ2) is 5.46. The smallest absolute Gasteiger partial charge is 0.0377 e. The van der Waals surface area contributed by atoms with Gasteiger partial charge in [-0.15, -0.1) is 0 Å². The Labute approximate surface area is 101 Å². The Bertz CT molecular complexity index is 468. The first-order valence-electron chi connectivity index (χ1n) is 5.76. The molecule has 1 heterocycles. The highest BCUT2D eigenvalue weighted by Crippen LogP contribution is 2.18. The predicted octanol–water partition coefficient (Wildman–Crippen LogP) is 2.30. The van der Waals surface area contributed by atoms with Crippen LogP contribution in [0, 0.1) is 0 Å². The van der Waals surface area contributed by atoms with Crippen LogP contribution < -0.4 is 11.5 Å². The van der Waals surface area contributed by atoms with Crippen molar-refractivity contribution >= 4 is 5.69 Å². The maximum Gasteiger partial charge on any atom is 0.0377 e. The summed E-state index contributed by atoms with van der Waals surface area (Å²) in [5.41, 5.74) is 15.0. The maximum absolute atomic E-state index is 6.13. The summed E-state index contributed by atoms with van der Waals surface area (Å²) in [5, 5.41) is 0. The van der Waals surface area contributed by atoms with Crippen molar-refractivity contribution in [3.05, 3.63) is 59.9 Å². The van der Waals surface area contributed by atoms with Gasteiger partial charge in [0.05, 0.1) is 0 Å². The summed E-state index contributed by atoms with van der Waals surface area (Å²) in [6.45, 7) is 0. The molecule has 1 unspecified atom stereocenters. The molecule has 1 aromatic heterocycles. The molecule has 0 saturated heterocycles. The van der Waals surface area contributed by atoms with Gasteiger partial charge in [-0.3, -0.25) is 4.98 Å². The molecule has 3 nitrogen and oxygen atoms in total. The summed E-state index contributed by atoms with van der Waals surface area (Å²) in [5.74, 6) is 0. The third-order valence-electron chi connectivity index (χ3n) is 2.89. The maximum atomic E-state index is 6.13. The van der Waals surface area contributed by atoms with Crippen molar-refractivity contribution in [3.8, 4) is 0 Å². The second-order valence-corrected chi connectivity index (χ2v) is 4.13. The molecule has 1 atom stereocenters. The molecule has 0 aliphatic carbocycles. The Morgan fingerprint density at radius 2 is 1.88 bits per heavy atom. The van der Waals surface area contributed by atoms with E-state index in [0.29, 0.717) is 0 Å². The zero-order valence-corrected chi connectivity index (χ0v) is 9.71. The number of pyridine rings is 1. The minimum atomic E-state index is 0.0517. The first-order chi connectivity index (χ1) is 8.27. The van der Waals surface area contributed by atoms with Crippen LogP contribution >= 0.6 is 0 Å². The summed E-state index contributed by atoms with van der Waals surface area (Å²) in [6, 6.07) is 12.0. The average Bonchev–Trinajstić information content (AvgIpc) is 2.38. The summed E-state index contributed by atoms with van der Waals surface area (Å²) in [7, 11) is 0. The molecule has 0 spiro atoms. The van der Waals surface area contributed by atoms with Crippen LogP contribution in [0.2, 0.25) is 0 Å². The SMILES string of the molecule is Nc1ccncc1CCC(N)c1ccccc1. The number of aryl methyl sites for hydroxylation is 1. The van der Waals surface area contributed by atoms with Crippen LogP contribution in [0.25, 0.3) is 0 Å². The van der Waals surface area contributed by atoms with Crippen molar-refractivity contribution in [1.29, 1.82) is 0 Å². The van der Waals surface area contributed by atoms with Crippen molar-refractivity contribution < 1.29 is 0 Å². The molecule has 2 rings (SSSR count). The van der Waals surface area contributed by atoms with Gasteiger partial charge in [-0.25, -0.2) is 0 Å². The normalized spacial score (nSPS) is 12.3. The molecule has 0 aliphatic rings. The molecule has 1 aromatic carbocycles. The van der Waals surface area contributed by atoms with E-state index in [1.807, 2.05) is 30.5 Å². The van der Waals surface area contributed by atoms with E-state index >= 15 is 0 Å². The number of benzene rings is 1. The van der Waals surface area contributed by atoms with Crippen LogP contribution in [0.1, 0.15) is 23.6 Å². The highest BCUT2D eigenvalue weighted by molar-refractivity contribution is 5.44. The molecule has 0 amide bonds. The molecule has 3 heteroatoms. The zero-order valence-electron chi connectivity index (χ0n) is 9.71. The van der Waals surface area contributed by atoms with Gasteiger partial charge in [0.2, 0.25) is 0 Å². The van der Waals surface area contributed by atoms with Crippen LogP contribution in [0.4, 0.5) is 5.69 Å². The van der Waals surface area contributed by atoms with Crippen molar-refractivity contribution in [1.82, 2.24) is 4.98 Å². The molecule has 2 aromatic rings. The molecule has 0 aliphatic heterocycles. The summed E-state index contributed by atoms with van der Waals surface area (Å²) in [4.78, 5) is 4.08. The van der Waals surface area contributed by atoms with Gasteiger partial charge >= 0.3 is 0 Å². The number of aromatic nitrogens is 1.